The highest BCUT2D eigenvalue weighted by molar-refractivity contribution is 6.07. The molecule has 1 heterocycles. The lowest BCUT2D eigenvalue weighted by Gasteiger charge is -2.29. The average molecular weight is 375 g/mol. The minimum absolute atomic E-state index is 0.0456. The molecule has 0 radical (unpaired) electrons. The van der Waals surface area contributed by atoms with Gasteiger partial charge in [-0.15, -0.1) is 0 Å². The molecule has 28 heavy (non-hydrogen) atoms. The number of carbonyl (C=O) groups is 4. The average Bonchev–Trinajstić information content (AvgIpc) is 3.02. The highest BCUT2D eigenvalue weighted by atomic mass is 16.2. The third-order valence-electron chi connectivity index (χ3n) is 5.55. The Balaban J connectivity index is 1.44. The number of benzene rings is 2. The summed E-state index contributed by atoms with van der Waals surface area (Å²) in [6.07, 6.45) is 1.70. The quantitative estimate of drug-likeness (QED) is 0.595. The molecule has 0 spiro atoms. The molecule has 142 valence electrons. The van der Waals surface area contributed by atoms with Gasteiger partial charge in [0.15, 0.2) is 11.6 Å². The number of rotatable bonds is 5. The van der Waals surface area contributed by atoms with Crippen LogP contribution in [0.3, 0.4) is 0 Å². The Bertz CT molecular complexity index is 964. The maximum absolute atomic E-state index is 12.7. The lowest BCUT2D eigenvalue weighted by Crippen LogP contribution is -2.44. The second-order valence-electron chi connectivity index (χ2n) is 7.45. The topological polar surface area (TPSA) is 71.5 Å². The maximum Gasteiger partial charge on any atom is 0.255 e. The van der Waals surface area contributed by atoms with Gasteiger partial charge in [-0.3, -0.25) is 19.2 Å². The molecule has 1 aliphatic carbocycles. The van der Waals surface area contributed by atoms with E-state index < -0.39 is 6.04 Å². The van der Waals surface area contributed by atoms with Gasteiger partial charge in [0.2, 0.25) is 0 Å². The summed E-state index contributed by atoms with van der Waals surface area (Å²) in [5.41, 5.74) is 3.21. The molecule has 2 aromatic carbocycles. The Morgan fingerprint density at radius 1 is 1.04 bits per heavy atom. The monoisotopic (exact) mass is 375 g/mol. The van der Waals surface area contributed by atoms with E-state index in [9.17, 15) is 19.2 Å². The van der Waals surface area contributed by atoms with E-state index in [1.807, 2.05) is 42.5 Å². The lowest BCUT2D eigenvalue weighted by molar-refractivity contribution is -0.133. The van der Waals surface area contributed by atoms with E-state index >= 15 is 0 Å². The van der Waals surface area contributed by atoms with E-state index in [0.29, 0.717) is 43.4 Å². The molecule has 1 aliphatic heterocycles. The Morgan fingerprint density at radius 3 is 2.57 bits per heavy atom. The first-order chi connectivity index (χ1) is 13.5. The molecule has 2 aliphatic rings. The third kappa shape index (κ3) is 3.52. The van der Waals surface area contributed by atoms with Crippen molar-refractivity contribution in [3.05, 3.63) is 70.8 Å². The SMILES string of the molecule is O=C1CCC(N2Cc3cc(CCC(=O)c4ccccc4)ccc3C2=O)C(=O)C1. The molecule has 0 N–H and O–H groups in total. The normalized spacial score (nSPS) is 19.1. The van der Waals surface area contributed by atoms with E-state index in [2.05, 4.69) is 0 Å². The zero-order valence-electron chi connectivity index (χ0n) is 15.5. The first-order valence-electron chi connectivity index (χ1n) is 9.58. The van der Waals surface area contributed by atoms with Crippen LogP contribution in [0, 0.1) is 0 Å². The van der Waals surface area contributed by atoms with Gasteiger partial charge in [0, 0.05) is 30.5 Å². The van der Waals surface area contributed by atoms with Gasteiger partial charge in [0.25, 0.3) is 5.91 Å². The van der Waals surface area contributed by atoms with Gasteiger partial charge in [-0.2, -0.15) is 0 Å². The molecule has 1 saturated carbocycles. The Hall–Kier alpha value is -3.08. The minimum atomic E-state index is -0.499. The Labute approximate surface area is 163 Å². The van der Waals surface area contributed by atoms with Crippen molar-refractivity contribution >= 4 is 23.3 Å². The number of fused-ring (bicyclic) bond motifs is 1. The molecule has 4 rings (SSSR count). The second kappa shape index (κ2) is 7.50. The standard InChI is InChI=1S/C23H21NO4/c25-18-8-10-20(22(27)13-18)24-14-17-12-15(6-9-19(17)23(24)28)7-11-21(26)16-4-2-1-3-5-16/h1-6,9,12,20H,7-8,10-11,13-14H2. The summed E-state index contributed by atoms with van der Waals surface area (Å²) >= 11 is 0. The van der Waals surface area contributed by atoms with E-state index in [-0.39, 0.29) is 29.7 Å². The number of Topliss-reactive ketones (excluding diaryl/α,β-unsaturated/α-hetero) is 3. The number of carbonyl (C=O) groups excluding carboxylic acids is 4. The van der Waals surface area contributed by atoms with Gasteiger partial charge in [0.05, 0.1) is 12.5 Å². The molecule has 5 heteroatoms. The molecule has 0 bridgehead atoms. The van der Waals surface area contributed by atoms with Gasteiger partial charge < -0.3 is 4.90 Å². The molecule has 1 amide bonds. The molecule has 0 saturated heterocycles. The van der Waals surface area contributed by atoms with Crippen LogP contribution in [0.15, 0.2) is 48.5 Å². The number of ketones is 3. The van der Waals surface area contributed by atoms with Crippen molar-refractivity contribution in [2.45, 2.75) is 44.7 Å². The van der Waals surface area contributed by atoms with Crippen LogP contribution in [0.25, 0.3) is 0 Å². The van der Waals surface area contributed by atoms with E-state index in [4.69, 9.17) is 0 Å². The first-order valence-corrected chi connectivity index (χ1v) is 9.58. The van der Waals surface area contributed by atoms with Crippen molar-refractivity contribution in [1.82, 2.24) is 4.90 Å². The predicted molar refractivity (Wildman–Crippen MR) is 103 cm³/mol. The van der Waals surface area contributed by atoms with Crippen molar-refractivity contribution in [1.29, 1.82) is 0 Å². The number of nitrogens with zero attached hydrogens (tertiary/aromatic N) is 1. The summed E-state index contributed by atoms with van der Waals surface area (Å²) in [7, 11) is 0. The summed E-state index contributed by atoms with van der Waals surface area (Å²) in [6.45, 7) is 0.388. The predicted octanol–water partition coefficient (Wildman–Crippen LogP) is 3.15. The molecular formula is C23H21NO4. The molecule has 5 nitrogen and oxygen atoms in total. The van der Waals surface area contributed by atoms with Crippen molar-refractivity contribution in [3.8, 4) is 0 Å². The van der Waals surface area contributed by atoms with Crippen LogP contribution < -0.4 is 0 Å². The van der Waals surface area contributed by atoms with Crippen molar-refractivity contribution in [2.75, 3.05) is 0 Å². The first kappa shape index (κ1) is 18.3. The van der Waals surface area contributed by atoms with Gasteiger partial charge in [0.1, 0.15) is 5.78 Å². The van der Waals surface area contributed by atoms with Crippen molar-refractivity contribution < 1.29 is 19.2 Å². The highest BCUT2D eigenvalue weighted by Crippen LogP contribution is 2.29. The summed E-state index contributed by atoms with van der Waals surface area (Å²) in [5, 5.41) is 0. The third-order valence-corrected chi connectivity index (χ3v) is 5.55. The number of aryl methyl sites for hydroxylation is 1. The van der Waals surface area contributed by atoms with Crippen molar-refractivity contribution in [2.24, 2.45) is 0 Å². The molecular weight excluding hydrogens is 354 g/mol. The maximum atomic E-state index is 12.7. The Morgan fingerprint density at radius 2 is 1.82 bits per heavy atom. The van der Waals surface area contributed by atoms with Crippen LogP contribution in [-0.4, -0.2) is 34.2 Å². The van der Waals surface area contributed by atoms with Gasteiger partial charge in [-0.1, -0.05) is 42.5 Å². The van der Waals surface area contributed by atoms with Gasteiger partial charge in [-0.05, 0) is 30.0 Å². The van der Waals surface area contributed by atoms with E-state index in [0.717, 1.165) is 11.1 Å². The minimum Gasteiger partial charge on any atom is -0.324 e. The summed E-state index contributed by atoms with van der Waals surface area (Å²) in [6, 6.07) is 14.3. The van der Waals surface area contributed by atoms with Crippen LogP contribution in [0.5, 0.6) is 0 Å². The smallest absolute Gasteiger partial charge is 0.255 e. The van der Waals surface area contributed by atoms with Crippen LogP contribution in [-0.2, 0) is 22.6 Å². The van der Waals surface area contributed by atoms with Crippen molar-refractivity contribution in [3.63, 3.8) is 0 Å². The summed E-state index contributed by atoms with van der Waals surface area (Å²) in [5.74, 6) is -0.257. The highest BCUT2D eigenvalue weighted by Gasteiger charge is 2.38. The lowest BCUT2D eigenvalue weighted by atomic mass is 9.92. The zero-order valence-corrected chi connectivity index (χ0v) is 15.5. The molecule has 0 aromatic heterocycles. The summed E-state index contributed by atoms with van der Waals surface area (Å²) < 4.78 is 0. The van der Waals surface area contributed by atoms with E-state index in [1.54, 1.807) is 11.0 Å². The fraction of sp³-hybridized carbons (Fsp3) is 0.304. The second-order valence-corrected chi connectivity index (χ2v) is 7.45. The Kier molecular flexibility index (Phi) is 4.90. The van der Waals surface area contributed by atoms with Crippen LogP contribution in [0.4, 0.5) is 0 Å². The number of hydrogen-bond donors (Lipinski definition) is 0. The molecule has 1 atom stereocenters. The van der Waals surface area contributed by atoms with Crippen LogP contribution in [0.2, 0.25) is 0 Å². The fourth-order valence-electron chi connectivity index (χ4n) is 4.02. The summed E-state index contributed by atoms with van der Waals surface area (Å²) in [4.78, 5) is 50.3. The number of amides is 1. The van der Waals surface area contributed by atoms with Crippen LogP contribution in [0.1, 0.15) is 57.5 Å². The van der Waals surface area contributed by atoms with Gasteiger partial charge >= 0.3 is 0 Å². The van der Waals surface area contributed by atoms with E-state index in [1.165, 1.54) is 0 Å². The van der Waals surface area contributed by atoms with Gasteiger partial charge in [-0.25, -0.2) is 0 Å². The zero-order chi connectivity index (χ0) is 19.7. The van der Waals surface area contributed by atoms with Crippen LogP contribution >= 0.6 is 0 Å². The fourth-order valence-corrected chi connectivity index (χ4v) is 4.02. The molecule has 2 aromatic rings. The molecule has 1 unspecified atom stereocenters. The largest absolute Gasteiger partial charge is 0.324 e. The number of hydrogen-bond acceptors (Lipinski definition) is 4. The molecule has 1 fully saturated rings.